The van der Waals surface area contributed by atoms with Crippen molar-refractivity contribution in [1.82, 2.24) is 0 Å². The molecule has 0 spiro atoms. The van der Waals surface area contributed by atoms with Crippen LogP contribution in [0.1, 0.15) is 51.4 Å². The summed E-state index contributed by atoms with van der Waals surface area (Å²) in [6.07, 6.45) is 5.55. The molecule has 33 heavy (non-hydrogen) atoms. The lowest BCUT2D eigenvalue weighted by Crippen LogP contribution is -2.07. The highest BCUT2D eigenvalue weighted by molar-refractivity contribution is 5.73. The van der Waals surface area contributed by atoms with Gasteiger partial charge in [0, 0.05) is 31.0 Å². The van der Waals surface area contributed by atoms with Gasteiger partial charge >= 0.3 is 11.9 Å². The van der Waals surface area contributed by atoms with Gasteiger partial charge in [0.1, 0.15) is 17.2 Å². The quantitative estimate of drug-likeness (QED) is 0.0898. The molecule has 0 aliphatic rings. The van der Waals surface area contributed by atoms with Crippen molar-refractivity contribution in [2.75, 3.05) is 7.11 Å². The number of nitro benzene ring substituents is 1. The number of benzene rings is 2. The lowest BCUT2D eigenvalue weighted by molar-refractivity contribution is -0.384. The first-order valence-corrected chi connectivity index (χ1v) is 10.7. The molecule has 0 aliphatic carbocycles. The monoisotopic (exact) mass is 457 g/mol. The summed E-state index contributed by atoms with van der Waals surface area (Å²) in [4.78, 5) is 32.7. The number of azo groups is 1. The van der Waals surface area contributed by atoms with E-state index in [-0.39, 0.29) is 18.1 Å². The molecule has 0 amide bonds. The van der Waals surface area contributed by atoms with E-state index in [4.69, 9.17) is 14.6 Å². The SMILES string of the molecule is COc1cc(OC(=O)CCCCCCCCC(=O)O)ccc1N=Nc1ccc([N+](=O)[O-])cc1. The number of hydrogen-bond acceptors (Lipinski definition) is 8. The topological polar surface area (TPSA) is 141 Å². The summed E-state index contributed by atoms with van der Waals surface area (Å²) < 4.78 is 10.7. The molecule has 0 bridgehead atoms. The number of aliphatic carboxylic acids is 1. The fourth-order valence-corrected chi connectivity index (χ4v) is 2.99. The molecule has 10 heteroatoms. The van der Waals surface area contributed by atoms with Crippen molar-refractivity contribution in [3.63, 3.8) is 0 Å². The average molecular weight is 457 g/mol. The van der Waals surface area contributed by atoms with Crippen molar-refractivity contribution >= 4 is 29.0 Å². The molecular formula is C23H27N3O7. The molecule has 176 valence electrons. The van der Waals surface area contributed by atoms with Gasteiger partial charge < -0.3 is 14.6 Å². The second-order valence-corrected chi connectivity index (χ2v) is 7.30. The number of non-ortho nitro benzene ring substituents is 1. The van der Waals surface area contributed by atoms with Crippen LogP contribution in [0.25, 0.3) is 0 Å². The summed E-state index contributed by atoms with van der Waals surface area (Å²) in [5.41, 5.74) is 0.826. The predicted octanol–water partition coefficient (Wildman–Crippen LogP) is 6.13. The normalized spacial score (nSPS) is 10.8. The number of carbonyl (C=O) groups excluding carboxylic acids is 1. The van der Waals surface area contributed by atoms with Crippen LogP contribution in [0.15, 0.2) is 52.7 Å². The summed E-state index contributed by atoms with van der Waals surface area (Å²) in [6, 6.07) is 10.4. The summed E-state index contributed by atoms with van der Waals surface area (Å²) in [5, 5.41) is 27.4. The molecule has 0 heterocycles. The lowest BCUT2D eigenvalue weighted by atomic mass is 10.1. The number of carboxylic acids is 1. The third-order valence-electron chi connectivity index (χ3n) is 4.74. The van der Waals surface area contributed by atoms with Crippen molar-refractivity contribution in [2.45, 2.75) is 51.4 Å². The van der Waals surface area contributed by atoms with Gasteiger partial charge in [0.25, 0.3) is 5.69 Å². The predicted molar refractivity (Wildman–Crippen MR) is 120 cm³/mol. The van der Waals surface area contributed by atoms with Gasteiger partial charge in [-0.05, 0) is 37.1 Å². The molecule has 2 aromatic rings. The maximum absolute atomic E-state index is 12.1. The molecule has 0 aromatic heterocycles. The molecule has 0 unspecified atom stereocenters. The van der Waals surface area contributed by atoms with Crippen LogP contribution in [-0.2, 0) is 9.59 Å². The zero-order chi connectivity index (χ0) is 24.1. The van der Waals surface area contributed by atoms with Gasteiger partial charge in [-0.15, -0.1) is 5.11 Å². The van der Waals surface area contributed by atoms with Crippen LogP contribution in [-0.4, -0.2) is 29.1 Å². The van der Waals surface area contributed by atoms with E-state index in [1.807, 2.05) is 0 Å². The van der Waals surface area contributed by atoms with Crippen LogP contribution in [0.2, 0.25) is 0 Å². The zero-order valence-corrected chi connectivity index (χ0v) is 18.4. The number of hydrogen-bond donors (Lipinski definition) is 1. The lowest BCUT2D eigenvalue weighted by Gasteiger charge is -2.08. The molecule has 2 aromatic carbocycles. The summed E-state index contributed by atoms with van der Waals surface area (Å²) in [5.74, 6) is -0.412. The summed E-state index contributed by atoms with van der Waals surface area (Å²) >= 11 is 0. The van der Waals surface area contributed by atoms with E-state index in [1.165, 1.54) is 31.4 Å². The average Bonchev–Trinajstić information content (AvgIpc) is 2.79. The molecule has 10 nitrogen and oxygen atoms in total. The van der Waals surface area contributed by atoms with Crippen molar-refractivity contribution in [2.24, 2.45) is 10.2 Å². The van der Waals surface area contributed by atoms with E-state index in [9.17, 15) is 19.7 Å². The Hall–Kier alpha value is -3.82. The first-order chi connectivity index (χ1) is 15.9. The Morgan fingerprint density at radius 3 is 2.18 bits per heavy atom. The molecule has 0 fully saturated rings. The van der Waals surface area contributed by atoms with Gasteiger partial charge in [0.05, 0.1) is 17.7 Å². The van der Waals surface area contributed by atoms with Gasteiger partial charge in [-0.25, -0.2) is 0 Å². The van der Waals surface area contributed by atoms with Gasteiger partial charge in [0.2, 0.25) is 0 Å². The first kappa shape index (κ1) is 25.4. The highest BCUT2D eigenvalue weighted by Crippen LogP contribution is 2.33. The number of carboxylic acid groups (broad SMARTS) is 1. The Balaban J connectivity index is 1.80. The molecule has 0 radical (unpaired) electrons. The third kappa shape index (κ3) is 9.46. The van der Waals surface area contributed by atoms with E-state index in [1.54, 1.807) is 18.2 Å². The second-order valence-electron chi connectivity index (χ2n) is 7.30. The molecule has 1 N–H and O–H groups in total. The Bertz CT molecular complexity index is 975. The van der Waals surface area contributed by atoms with Gasteiger partial charge in [-0.1, -0.05) is 25.7 Å². The smallest absolute Gasteiger partial charge is 0.311 e. The standard InChI is InChI=1S/C23H27N3O7/c1-32-21-16-19(33-23(29)9-7-5-3-2-4-6-8-22(27)28)14-15-20(21)25-24-17-10-12-18(13-11-17)26(30)31/h10-16H,2-9H2,1H3,(H,27,28). The fraction of sp³-hybridized carbons (Fsp3) is 0.391. The minimum atomic E-state index is -0.769. The molecular weight excluding hydrogens is 430 g/mol. The maximum atomic E-state index is 12.1. The Labute approximate surface area is 191 Å². The number of methoxy groups -OCH3 is 1. The number of esters is 1. The van der Waals surface area contributed by atoms with Crippen LogP contribution in [0.3, 0.4) is 0 Å². The minimum Gasteiger partial charge on any atom is -0.494 e. The molecule has 0 atom stereocenters. The Kier molecular flexibility index (Phi) is 10.5. The van der Waals surface area contributed by atoms with E-state index >= 15 is 0 Å². The van der Waals surface area contributed by atoms with Crippen molar-refractivity contribution in [3.8, 4) is 11.5 Å². The van der Waals surface area contributed by atoms with Crippen molar-refractivity contribution in [1.29, 1.82) is 0 Å². The first-order valence-electron chi connectivity index (χ1n) is 10.7. The van der Waals surface area contributed by atoms with Crippen molar-refractivity contribution in [3.05, 3.63) is 52.6 Å². The molecule has 0 saturated heterocycles. The maximum Gasteiger partial charge on any atom is 0.311 e. The van der Waals surface area contributed by atoms with Gasteiger partial charge in [-0.2, -0.15) is 5.11 Å². The highest BCUT2D eigenvalue weighted by atomic mass is 16.6. The van der Waals surface area contributed by atoms with Crippen LogP contribution in [0, 0.1) is 10.1 Å². The van der Waals surface area contributed by atoms with E-state index in [2.05, 4.69) is 10.2 Å². The number of ether oxygens (including phenoxy) is 2. The number of carbonyl (C=O) groups is 2. The number of nitrogens with zero attached hydrogens (tertiary/aromatic N) is 3. The molecule has 0 aliphatic heterocycles. The summed E-state index contributed by atoms with van der Waals surface area (Å²) in [7, 11) is 1.46. The van der Waals surface area contributed by atoms with Crippen LogP contribution in [0.5, 0.6) is 11.5 Å². The van der Waals surface area contributed by atoms with Crippen molar-refractivity contribution < 1.29 is 29.1 Å². The van der Waals surface area contributed by atoms with E-state index in [0.29, 0.717) is 42.1 Å². The molecule has 0 saturated carbocycles. The van der Waals surface area contributed by atoms with E-state index < -0.39 is 10.9 Å². The largest absolute Gasteiger partial charge is 0.494 e. The van der Waals surface area contributed by atoms with Gasteiger partial charge in [0.15, 0.2) is 0 Å². The Morgan fingerprint density at radius 2 is 1.58 bits per heavy atom. The van der Waals surface area contributed by atoms with Gasteiger partial charge in [-0.3, -0.25) is 19.7 Å². The minimum absolute atomic E-state index is 0.0339. The van der Waals surface area contributed by atoms with Crippen LogP contribution in [0.4, 0.5) is 17.1 Å². The number of nitro groups is 1. The van der Waals surface area contributed by atoms with Crippen LogP contribution < -0.4 is 9.47 Å². The fourth-order valence-electron chi connectivity index (χ4n) is 2.99. The third-order valence-corrected chi connectivity index (χ3v) is 4.74. The zero-order valence-electron chi connectivity index (χ0n) is 18.4. The van der Waals surface area contributed by atoms with E-state index in [0.717, 1.165) is 25.7 Å². The number of rotatable bonds is 14. The van der Waals surface area contributed by atoms with Crippen LogP contribution >= 0.6 is 0 Å². The summed E-state index contributed by atoms with van der Waals surface area (Å²) in [6.45, 7) is 0. The molecule has 2 rings (SSSR count). The second kappa shape index (κ2) is 13.6. The highest BCUT2D eigenvalue weighted by Gasteiger charge is 2.10. The number of unbranched alkanes of at least 4 members (excludes halogenated alkanes) is 5. The Morgan fingerprint density at radius 1 is 0.939 bits per heavy atom.